The third kappa shape index (κ3) is 2.81. The number of sulfone groups is 1. The van der Waals surface area contributed by atoms with Crippen LogP contribution in [-0.4, -0.2) is 29.3 Å². The van der Waals surface area contributed by atoms with Crippen molar-refractivity contribution in [2.45, 2.75) is 26.2 Å². The molecule has 4 nitrogen and oxygen atoms in total. The summed E-state index contributed by atoms with van der Waals surface area (Å²) in [5.41, 5.74) is 3.12. The zero-order valence-electron chi connectivity index (χ0n) is 11.0. The number of hydrogen-bond acceptors (Lipinski definition) is 3. The molecule has 2 aromatic rings. The first kappa shape index (κ1) is 12.7. The summed E-state index contributed by atoms with van der Waals surface area (Å²) in [5.74, 6) is 0.901. The van der Waals surface area contributed by atoms with Gasteiger partial charge in [0, 0.05) is 12.4 Å². The fourth-order valence-corrected chi connectivity index (χ4v) is 4.58. The Bertz CT molecular complexity index is 703. The average molecular weight is 278 g/mol. The van der Waals surface area contributed by atoms with E-state index in [9.17, 15) is 8.42 Å². The Morgan fingerprint density at radius 3 is 3.11 bits per heavy atom. The summed E-state index contributed by atoms with van der Waals surface area (Å²) in [4.78, 5) is 4.58. The smallest absolute Gasteiger partial charge is 0.150 e. The van der Waals surface area contributed by atoms with Gasteiger partial charge >= 0.3 is 0 Å². The molecule has 1 aliphatic heterocycles. The van der Waals surface area contributed by atoms with E-state index in [0.29, 0.717) is 11.5 Å². The number of pyridine rings is 1. The highest BCUT2D eigenvalue weighted by molar-refractivity contribution is 7.91. The highest BCUT2D eigenvalue weighted by Crippen LogP contribution is 2.22. The molecule has 19 heavy (non-hydrogen) atoms. The number of nitrogens with zero attached hydrogens (tertiary/aromatic N) is 2. The van der Waals surface area contributed by atoms with E-state index in [-0.39, 0.29) is 5.92 Å². The van der Waals surface area contributed by atoms with Gasteiger partial charge in [-0.05, 0) is 49.8 Å². The molecule has 1 fully saturated rings. The van der Waals surface area contributed by atoms with Crippen molar-refractivity contribution in [1.29, 1.82) is 0 Å². The SMILES string of the molecule is Cc1ccn2cc(CC3CCCS(=O)(=O)C3)nc2c1. The first-order chi connectivity index (χ1) is 9.02. The molecular weight excluding hydrogens is 260 g/mol. The van der Waals surface area contributed by atoms with Crippen molar-refractivity contribution in [1.82, 2.24) is 9.38 Å². The van der Waals surface area contributed by atoms with Crippen molar-refractivity contribution in [3.05, 3.63) is 35.8 Å². The molecule has 2 aromatic heterocycles. The van der Waals surface area contributed by atoms with Gasteiger partial charge in [-0.1, -0.05) is 0 Å². The van der Waals surface area contributed by atoms with Gasteiger partial charge in [0.25, 0.3) is 0 Å². The molecular formula is C14H18N2O2S. The van der Waals surface area contributed by atoms with E-state index < -0.39 is 9.84 Å². The number of hydrogen-bond donors (Lipinski definition) is 0. The lowest BCUT2D eigenvalue weighted by atomic mass is 10.00. The van der Waals surface area contributed by atoms with Crippen molar-refractivity contribution in [2.24, 2.45) is 5.92 Å². The molecule has 1 saturated heterocycles. The average Bonchev–Trinajstić information content (AvgIpc) is 2.68. The zero-order valence-corrected chi connectivity index (χ0v) is 11.9. The Labute approximate surface area is 113 Å². The molecule has 5 heteroatoms. The normalized spacial score (nSPS) is 22.7. The van der Waals surface area contributed by atoms with E-state index in [1.54, 1.807) is 0 Å². The van der Waals surface area contributed by atoms with Gasteiger partial charge in [0.15, 0.2) is 9.84 Å². The Morgan fingerprint density at radius 1 is 1.47 bits per heavy atom. The standard InChI is InChI=1S/C14H18N2O2S/c1-11-4-5-16-9-13(15-14(16)7-11)8-12-3-2-6-19(17,18)10-12/h4-5,7,9,12H,2-3,6,8,10H2,1H3. The van der Waals surface area contributed by atoms with Gasteiger partial charge in [0.1, 0.15) is 5.65 Å². The lowest BCUT2D eigenvalue weighted by Crippen LogP contribution is -2.26. The monoisotopic (exact) mass is 278 g/mol. The molecule has 0 amide bonds. The topological polar surface area (TPSA) is 51.4 Å². The van der Waals surface area contributed by atoms with Crippen molar-refractivity contribution >= 4 is 15.5 Å². The minimum Gasteiger partial charge on any atom is -0.307 e. The third-order valence-electron chi connectivity index (χ3n) is 3.72. The van der Waals surface area contributed by atoms with Crippen LogP contribution in [0.15, 0.2) is 24.5 Å². The molecule has 0 aromatic carbocycles. The van der Waals surface area contributed by atoms with Gasteiger partial charge in [0.05, 0.1) is 17.2 Å². The summed E-state index contributed by atoms with van der Waals surface area (Å²) < 4.78 is 25.3. The Kier molecular flexibility index (Phi) is 3.09. The zero-order chi connectivity index (χ0) is 13.5. The minimum atomic E-state index is -2.82. The van der Waals surface area contributed by atoms with Gasteiger partial charge in [-0.2, -0.15) is 0 Å². The van der Waals surface area contributed by atoms with E-state index in [2.05, 4.69) is 4.98 Å². The number of rotatable bonds is 2. The maximum atomic E-state index is 11.6. The predicted molar refractivity (Wildman–Crippen MR) is 75.0 cm³/mol. The minimum absolute atomic E-state index is 0.227. The largest absolute Gasteiger partial charge is 0.307 e. The second-order valence-corrected chi connectivity index (χ2v) is 7.76. The summed E-state index contributed by atoms with van der Waals surface area (Å²) in [5, 5.41) is 0. The second-order valence-electron chi connectivity index (χ2n) is 5.53. The van der Waals surface area contributed by atoms with E-state index in [0.717, 1.165) is 30.6 Å². The summed E-state index contributed by atoms with van der Waals surface area (Å²) in [6.07, 6.45) is 6.56. The van der Waals surface area contributed by atoms with Crippen LogP contribution in [0.2, 0.25) is 0 Å². The third-order valence-corrected chi connectivity index (χ3v) is 5.61. The molecule has 3 heterocycles. The summed E-state index contributed by atoms with van der Waals surface area (Å²) in [7, 11) is -2.82. The number of fused-ring (bicyclic) bond motifs is 1. The van der Waals surface area contributed by atoms with Crippen LogP contribution in [0.25, 0.3) is 5.65 Å². The van der Waals surface area contributed by atoms with Gasteiger partial charge < -0.3 is 4.40 Å². The molecule has 102 valence electrons. The van der Waals surface area contributed by atoms with Crippen LogP contribution in [0, 0.1) is 12.8 Å². The molecule has 0 bridgehead atoms. The van der Waals surface area contributed by atoms with Crippen LogP contribution in [0.5, 0.6) is 0 Å². The lowest BCUT2D eigenvalue weighted by Gasteiger charge is -2.20. The van der Waals surface area contributed by atoms with Crippen LogP contribution in [-0.2, 0) is 16.3 Å². The van der Waals surface area contributed by atoms with Crippen LogP contribution in [0.1, 0.15) is 24.1 Å². The van der Waals surface area contributed by atoms with Crippen molar-refractivity contribution in [3.63, 3.8) is 0 Å². The summed E-state index contributed by atoms with van der Waals surface area (Å²) in [6, 6.07) is 4.09. The first-order valence-electron chi connectivity index (χ1n) is 6.66. The Morgan fingerprint density at radius 2 is 2.32 bits per heavy atom. The predicted octanol–water partition coefficient (Wildman–Crippen LogP) is 2.01. The molecule has 0 aliphatic carbocycles. The quantitative estimate of drug-likeness (QED) is 0.844. The molecule has 1 atom stereocenters. The maximum absolute atomic E-state index is 11.6. The lowest BCUT2D eigenvalue weighted by molar-refractivity contribution is 0.480. The molecule has 0 N–H and O–H groups in total. The Balaban J connectivity index is 1.81. The van der Waals surface area contributed by atoms with E-state index in [1.165, 1.54) is 5.56 Å². The number of aryl methyl sites for hydroxylation is 1. The molecule has 1 aliphatic rings. The van der Waals surface area contributed by atoms with Gasteiger partial charge in [-0.25, -0.2) is 13.4 Å². The van der Waals surface area contributed by atoms with Crippen LogP contribution in [0.3, 0.4) is 0 Å². The molecule has 0 radical (unpaired) electrons. The van der Waals surface area contributed by atoms with Gasteiger partial charge in [0.2, 0.25) is 0 Å². The summed E-state index contributed by atoms with van der Waals surface area (Å²) >= 11 is 0. The highest BCUT2D eigenvalue weighted by Gasteiger charge is 2.25. The molecule has 1 unspecified atom stereocenters. The van der Waals surface area contributed by atoms with E-state index in [4.69, 9.17) is 0 Å². The second kappa shape index (κ2) is 4.63. The van der Waals surface area contributed by atoms with Gasteiger partial charge in [-0.3, -0.25) is 0 Å². The number of imidazole rings is 1. The highest BCUT2D eigenvalue weighted by atomic mass is 32.2. The van der Waals surface area contributed by atoms with Crippen LogP contribution in [0.4, 0.5) is 0 Å². The summed E-state index contributed by atoms with van der Waals surface area (Å²) in [6.45, 7) is 2.04. The molecule has 0 spiro atoms. The van der Waals surface area contributed by atoms with Crippen molar-refractivity contribution in [2.75, 3.05) is 11.5 Å². The first-order valence-corrected chi connectivity index (χ1v) is 8.49. The fraction of sp³-hybridized carbons (Fsp3) is 0.500. The van der Waals surface area contributed by atoms with E-state index in [1.807, 2.05) is 35.9 Å². The molecule has 3 rings (SSSR count). The Hall–Kier alpha value is -1.36. The van der Waals surface area contributed by atoms with Crippen molar-refractivity contribution in [3.8, 4) is 0 Å². The van der Waals surface area contributed by atoms with Gasteiger partial charge in [-0.15, -0.1) is 0 Å². The molecule has 0 saturated carbocycles. The fourth-order valence-electron chi connectivity index (χ4n) is 2.81. The maximum Gasteiger partial charge on any atom is 0.150 e. The van der Waals surface area contributed by atoms with E-state index >= 15 is 0 Å². The van der Waals surface area contributed by atoms with Crippen LogP contribution < -0.4 is 0 Å². The number of aromatic nitrogens is 2. The van der Waals surface area contributed by atoms with Crippen molar-refractivity contribution < 1.29 is 8.42 Å². The van der Waals surface area contributed by atoms with Crippen LogP contribution >= 0.6 is 0 Å².